The van der Waals surface area contributed by atoms with Crippen molar-refractivity contribution in [2.75, 3.05) is 6.54 Å². The number of amides is 1. The maximum atomic E-state index is 11.1. The van der Waals surface area contributed by atoms with Gasteiger partial charge in [-0.15, -0.1) is 0 Å². The Balaban J connectivity index is 2.08. The van der Waals surface area contributed by atoms with Gasteiger partial charge in [0.15, 0.2) is 0 Å². The molecule has 0 spiro atoms. The molecule has 0 unspecified atom stereocenters. The zero-order valence-electron chi connectivity index (χ0n) is 11.4. The number of aryl methyl sites for hydroxylation is 2. The second-order valence-corrected chi connectivity index (χ2v) is 4.98. The predicted octanol–water partition coefficient (Wildman–Crippen LogP) is 1.89. The number of hydrazone groups is 1. The van der Waals surface area contributed by atoms with E-state index < -0.39 is 0 Å². The average Bonchev–Trinajstić information content (AvgIpc) is 2.42. The summed E-state index contributed by atoms with van der Waals surface area (Å²) in [5.41, 5.74) is 12.8. The molecule has 0 saturated carbocycles. The van der Waals surface area contributed by atoms with E-state index in [-0.39, 0.29) is 5.91 Å². The quantitative estimate of drug-likeness (QED) is 0.793. The van der Waals surface area contributed by atoms with Gasteiger partial charge in [-0.3, -0.25) is 4.79 Å². The van der Waals surface area contributed by atoms with Crippen molar-refractivity contribution in [3.8, 4) is 0 Å². The Bertz CT molecular complexity index is 494. The first-order valence-corrected chi connectivity index (χ1v) is 6.86. The highest BCUT2D eigenvalue weighted by Gasteiger charge is 2.13. The van der Waals surface area contributed by atoms with Crippen molar-refractivity contribution in [2.24, 2.45) is 10.8 Å². The third-order valence-electron chi connectivity index (χ3n) is 3.48. The molecule has 4 heteroatoms. The van der Waals surface area contributed by atoms with Crippen molar-refractivity contribution in [3.05, 3.63) is 34.9 Å². The number of benzene rings is 1. The maximum absolute atomic E-state index is 11.1. The van der Waals surface area contributed by atoms with Gasteiger partial charge in [0.1, 0.15) is 0 Å². The number of carbonyl (C=O) groups excluding carboxylic acids is 1. The van der Waals surface area contributed by atoms with Crippen molar-refractivity contribution in [2.45, 2.75) is 39.0 Å². The van der Waals surface area contributed by atoms with Crippen LogP contribution < -0.4 is 11.2 Å². The van der Waals surface area contributed by atoms with E-state index in [1.54, 1.807) is 0 Å². The number of rotatable bonds is 5. The molecule has 1 heterocycles. The molecule has 1 aliphatic rings. The smallest absolute Gasteiger partial charge is 0.240 e. The van der Waals surface area contributed by atoms with Crippen LogP contribution >= 0.6 is 0 Å². The molecular weight excluding hydrogens is 238 g/mol. The monoisotopic (exact) mass is 259 g/mol. The van der Waals surface area contributed by atoms with Crippen LogP contribution in [0.25, 0.3) is 0 Å². The molecular formula is C15H21N3O. The molecule has 0 saturated heterocycles. The topological polar surface area (TPSA) is 67.5 Å². The highest BCUT2D eigenvalue weighted by Crippen LogP contribution is 2.17. The van der Waals surface area contributed by atoms with Crippen LogP contribution in [0.15, 0.2) is 23.3 Å². The first kappa shape index (κ1) is 13.7. The van der Waals surface area contributed by atoms with Gasteiger partial charge in [-0.2, -0.15) is 5.10 Å². The summed E-state index contributed by atoms with van der Waals surface area (Å²) in [7, 11) is 0. The number of nitrogens with zero attached hydrogens (tertiary/aromatic N) is 1. The van der Waals surface area contributed by atoms with Gasteiger partial charge in [0.25, 0.3) is 0 Å². The first-order valence-electron chi connectivity index (χ1n) is 6.86. The van der Waals surface area contributed by atoms with Crippen molar-refractivity contribution < 1.29 is 4.79 Å². The van der Waals surface area contributed by atoms with Gasteiger partial charge >= 0.3 is 0 Å². The van der Waals surface area contributed by atoms with E-state index in [0.29, 0.717) is 6.42 Å². The first-order chi connectivity index (χ1) is 9.20. The van der Waals surface area contributed by atoms with Gasteiger partial charge in [-0.25, -0.2) is 5.43 Å². The second-order valence-electron chi connectivity index (χ2n) is 4.98. The molecule has 4 nitrogen and oxygen atoms in total. The van der Waals surface area contributed by atoms with Gasteiger partial charge in [0.05, 0.1) is 5.71 Å². The zero-order valence-corrected chi connectivity index (χ0v) is 11.4. The SMILES string of the molecule is Cc1cc(C2=NNC(=O)CC2)ccc1CCCCN. The van der Waals surface area contributed by atoms with Gasteiger partial charge in [-0.05, 0) is 55.5 Å². The molecule has 3 N–H and O–H groups in total. The molecule has 0 aliphatic carbocycles. The summed E-state index contributed by atoms with van der Waals surface area (Å²) in [6.07, 6.45) is 4.52. The van der Waals surface area contributed by atoms with Crippen molar-refractivity contribution in [1.29, 1.82) is 0 Å². The van der Waals surface area contributed by atoms with Crippen LogP contribution in [0, 0.1) is 6.92 Å². The third kappa shape index (κ3) is 3.64. The van der Waals surface area contributed by atoms with Crippen molar-refractivity contribution in [3.63, 3.8) is 0 Å². The van der Waals surface area contributed by atoms with Gasteiger partial charge < -0.3 is 5.73 Å². The lowest BCUT2D eigenvalue weighted by Gasteiger charge is -2.14. The minimum absolute atomic E-state index is 0.00104. The zero-order chi connectivity index (χ0) is 13.7. The lowest BCUT2D eigenvalue weighted by atomic mass is 9.97. The normalized spacial score (nSPS) is 15.1. The average molecular weight is 259 g/mol. The van der Waals surface area contributed by atoms with E-state index in [1.807, 2.05) is 0 Å². The highest BCUT2D eigenvalue weighted by atomic mass is 16.2. The lowest BCUT2D eigenvalue weighted by Crippen LogP contribution is -2.25. The largest absolute Gasteiger partial charge is 0.330 e. The Morgan fingerprint density at radius 1 is 1.32 bits per heavy atom. The van der Waals surface area contributed by atoms with Crippen LogP contribution in [-0.2, 0) is 11.2 Å². The van der Waals surface area contributed by atoms with E-state index >= 15 is 0 Å². The maximum Gasteiger partial charge on any atom is 0.240 e. The Morgan fingerprint density at radius 2 is 2.16 bits per heavy atom. The molecule has 0 aromatic heterocycles. The predicted molar refractivity (Wildman–Crippen MR) is 77.1 cm³/mol. The fraction of sp³-hybridized carbons (Fsp3) is 0.467. The minimum Gasteiger partial charge on any atom is -0.330 e. The Labute approximate surface area is 114 Å². The molecule has 0 bridgehead atoms. The van der Waals surface area contributed by atoms with Gasteiger partial charge in [0, 0.05) is 12.8 Å². The van der Waals surface area contributed by atoms with E-state index in [2.05, 4.69) is 35.7 Å². The number of nitrogens with one attached hydrogen (secondary N) is 1. The molecule has 1 aliphatic heterocycles. The van der Waals surface area contributed by atoms with E-state index in [4.69, 9.17) is 5.73 Å². The standard InChI is InChI=1S/C15H21N3O/c1-11-10-13(14-7-8-15(19)18-17-14)6-5-12(11)4-2-3-9-16/h5-6,10H,2-4,7-9,16H2,1H3,(H,18,19). The second kappa shape index (κ2) is 6.48. The van der Waals surface area contributed by atoms with Crippen LogP contribution in [-0.4, -0.2) is 18.2 Å². The van der Waals surface area contributed by atoms with Crippen LogP contribution in [0.3, 0.4) is 0 Å². The molecule has 2 rings (SSSR count). The van der Waals surface area contributed by atoms with Gasteiger partial charge in [-0.1, -0.05) is 12.1 Å². The number of hydrogen-bond donors (Lipinski definition) is 2. The number of unbranched alkanes of at least 4 members (excludes halogenated alkanes) is 1. The molecule has 0 fully saturated rings. The van der Waals surface area contributed by atoms with E-state index in [0.717, 1.165) is 43.5 Å². The third-order valence-corrected chi connectivity index (χ3v) is 3.48. The molecule has 1 aromatic rings. The summed E-state index contributed by atoms with van der Waals surface area (Å²) in [6.45, 7) is 2.89. The molecule has 0 atom stereocenters. The summed E-state index contributed by atoms with van der Waals surface area (Å²) < 4.78 is 0. The fourth-order valence-corrected chi connectivity index (χ4v) is 2.30. The number of nitrogens with two attached hydrogens (primary N) is 1. The Hall–Kier alpha value is -1.68. The van der Waals surface area contributed by atoms with Crippen LogP contribution in [0.2, 0.25) is 0 Å². The highest BCUT2D eigenvalue weighted by molar-refractivity contribution is 6.04. The summed E-state index contributed by atoms with van der Waals surface area (Å²) in [6, 6.07) is 6.43. The van der Waals surface area contributed by atoms with Crippen molar-refractivity contribution >= 4 is 11.6 Å². The molecule has 102 valence electrons. The van der Waals surface area contributed by atoms with E-state index in [1.165, 1.54) is 11.1 Å². The van der Waals surface area contributed by atoms with Crippen molar-refractivity contribution in [1.82, 2.24) is 5.43 Å². The lowest BCUT2D eigenvalue weighted by molar-refractivity contribution is -0.121. The number of carbonyl (C=O) groups is 1. The van der Waals surface area contributed by atoms with Crippen LogP contribution in [0.5, 0.6) is 0 Å². The molecule has 1 amide bonds. The van der Waals surface area contributed by atoms with Crippen LogP contribution in [0.4, 0.5) is 0 Å². The number of hydrogen-bond acceptors (Lipinski definition) is 3. The van der Waals surface area contributed by atoms with Gasteiger partial charge in [0.2, 0.25) is 5.91 Å². The van der Waals surface area contributed by atoms with Crippen LogP contribution in [0.1, 0.15) is 42.4 Å². The Kier molecular flexibility index (Phi) is 4.68. The summed E-state index contributed by atoms with van der Waals surface area (Å²) in [4.78, 5) is 11.1. The van der Waals surface area contributed by atoms with E-state index in [9.17, 15) is 4.79 Å². The Morgan fingerprint density at radius 3 is 2.79 bits per heavy atom. The summed E-state index contributed by atoms with van der Waals surface area (Å²) >= 11 is 0. The minimum atomic E-state index is -0.00104. The molecule has 1 aromatic carbocycles. The summed E-state index contributed by atoms with van der Waals surface area (Å²) in [5, 5.41) is 4.13. The molecule has 0 radical (unpaired) electrons. The summed E-state index contributed by atoms with van der Waals surface area (Å²) in [5.74, 6) is -0.00104. The molecule has 19 heavy (non-hydrogen) atoms. The fourth-order valence-electron chi connectivity index (χ4n) is 2.30.